The van der Waals surface area contributed by atoms with E-state index in [1.54, 1.807) is 0 Å². The van der Waals surface area contributed by atoms with Gasteiger partial charge in [-0.2, -0.15) is 0 Å². The van der Waals surface area contributed by atoms with E-state index < -0.39 is 6.10 Å². The highest BCUT2D eigenvalue weighted by Gasteiger charge is 2.29. The number of benzene rings is 2. The SMILES string of the molecule is CCC/C=C/c1ccc2cc(OCC(O)CN3CCN(C4COC4)CC3)ccc2c1. The van der Waals surface area contributed by atoms with Gasteiger partial charge in [0.15, 0.2) is 0 Å². The number of piperazine rings is 1. The molecule has 0 bridgehead atoms. The molecule has 5 heteroatoms. The van der Waals surface area contributed by atoms with Crippen LogP contribution in [-0.2, 0) is 4.74 Å². The van der Waals surface area contributed by atoms with E-state index in [4.69, 9.17) is 9.47 Å². The first-order valence-electron chi connectivity index (χ1n) is 11.3. The van der Waals surface area contributed by atoms with Crippen LogP contribution in [0, 0.1) is 0 Å². The third kappa shape index (κ3) is 5.61. The lowest BCUT2D eigenvalue weighted by atomic mass is 10.1. The molecule has 30 heavy (non-hydrogen) atoms. The largest absolute Gasteiger partial charge is 0.491 e. The van der Waals surface area contributed by atoms with E-state index in [9.17, 15) is 5.11 Å². The molecular formula is C25H34N2O3. The van der Waals surface area contributed by atoms with Gasteiger partial charge in [-0.3, -0.25) is 9.80 Å². The Hall–Kier alpha value is -1.92. The quantitative estimate of drug-likeness (QED) is 0.686. The average molecular weight is 411 g/mol. The van der Waals surface area contributed by atoms with Gasteiger partial charge in [0.2, 0.25) is 0 Å². The molecule has 2 aliphatic rings. The summed E-state index contributed by atoms with van der Waals surface area (Å²) >= 11 is 0. The van der Waals surface area contributed by atoms with Crippen LogP contribution in [0.5, 0.6) is 5.75 Å². The maximum Gasteiger partial charge on any atom is 0.120 e. The minimum absolute atomic E-state index is 0.319. The van der Waals surface area contributed by atoms with Gasteiger partial charge in [-0.25, -0.2) is 0 Å². The normalized spacial score (nSPS) is 19.9. The van der Waals surface area contributed by atoms with E-state index in [0.29, 0.717) is 19.2 Å². The number of hydrogen-bond donors (Lipinski definition) is 1. The van der Waals surface area contributed by atoms with Gasteiger partial charge >= 0.3 is 0 Å². The Balaban J connectivity index is 1.24. The Kier molecular flexibility index (Phi) is 7.39. The first kappa shape index (κ1) is 21.3. The van der Waals surface area contributed by atoms with Crippen molar-refractivity contribution in [2.45, 2.75) is 31.9 Å². The monoisotopic (exact) mass is 410 g/mol. The van der Waals surface area contributed by atoms with E-state index >= 15 is 0 Å². The van der Waals surface area contributed by atoms with Crippen molar-refractivity contribution >= 4 is 16.8 Å². The van der Waals surface area contributed by atoms with Crippen LogP contribution in [0.3, 0.4) is 0 Å². The second-order valence-electron chi connectivity index (χ2n) is 8.45. The Morgan fingerprint density at radius 2 is 1.87 bits per heavy atom. The zero-order chi connectivity index (χ0) is 20.8. The van der Waals surface area contributed by atoms with Crippen LogP contribution in [0.4, 0.5) is 0 Å². The standard InChI is InChI=1S/C25H34N2O3/c1-2-3-4-5-20-6-7-22-15-25(9-8-21(22)14-20)30-19-24(28)16-26-10-12-27(13-11-26)23-17-29-18-23/h4-9,14-15,23-24,28H,2-3,10-13,16-19H2,1H3/b5-4+. The minimum atomic E-state index is -0.481. The van der Waals surface area contributed by atoms with Crippen molar-refractivity contribution < 1.29 is 14.6 Å². The maximum absolute atomic E-state index is 10.4. The molecular weight excluding hydrogens is 376 g/mol. The predicted octanol–water partition coefficient (Wildman–Crippen LogP) is 3.41. The molecule has 162 valence electrons. The zero-order valence-electron chi connectivity index (χ0n) is 18.0. The Morgan fingerprint density at radius 1 is 1.10 bits per heavy atom. The highest BCUT2D eigenvalue weighted by molar-refractivity contribution is 5.86. The molecule has 2 heterocycles. The summed E-state index contributed by atoms with van der Waals surface area (Å²) < 4.78 is 11.2. The predicted molar refractivity (Wildman–Crippen MR) is 122 cm³/mol. The van der Waals surface area contributed by atoms with Crippen LogP contribution in [0.1, 0.15) is 25.3 Å². The fraction of sp³-hybridized carbons (Fsp3) is 0.520. The summed E-state index contributed by atoms with van der Waals surface area (Å²) in [5, 5.41) is 12.8. The highest BCUT2D eigenvalue weighted by atomic mass is 16.5. The lowest BCUT2D eigenvalue weighted by molar-refractivity contribution is -0.0793. The van der Waals surface area contributed by atoms with E-state index in [2.05, 4.69) is 59.2 Å². The molecule has 5 nitrogen and oxygen atoms in total. The van der Waals surface area contributed by atoms with Crippen LogP contribution >= 0.6 is 0 Å². The van der Waals surface area contributed by atoms with Crippen molar-refractivity contribution in [3.63, 3.8) is 0 Å². The number of unbranched alkanes of at least 4 members (excludes halogenated alkanes) is 1. The molecule has 0 aromatic heterocycles. The van der Waals surface area contributed by atoms with Gasteiger partial charge in [0.1, 0.15) is 18.5 Å². The molecule has 4 rings (SSSR count). The Bertz CT molecular complexity index is 841. The molecule has 0 saturated carbocycles. The lowest BCUT2D eigenvalue weighted by Gasteiger charge is -2.42. The summed E-state index contributed by atoms with van der Waals surface area (Å²) in [4.78, 5) is 4.83. The summed E-state index contributed by atoms with van der Waals surface area (Å²) in [5.74, 6) is 0.811. The fourth-order valence-corrected chi connectivity index (χ4v) is 4.11. The second-order valence-corrected chi connectivity index (χ2v) is 8.45. The number of β-amino-alcohol motifs (C(OH)–C–C–N with tert-alkyl or cyclic N) is 1. The number of nitrogens with zero attached hydrogens (tertiary/aromatic N) is 2. The first-order valence-corrected chi connectivity index (χ1v) is 11.3. The Morgan fingerprint density at radius 3 is 2.60 bits per heavy atom. The molecule has 1 unspecified atom stereocenters. The van der Waals surface area contributed by atoms with Crippen LogP contribution in [0.2, 0.25) is 0 Å². The molecule has 2 aliphatic heterocycles. The van der Waals surface area contributed by atoms with Crippen LogP contribution in [0.15, 0.2) is 42.5 Å². The lowest BCUT2D eigenvalue weighted by Crippen LogP contribution is -2.57. The molecule has 2 aromatic rings. The van der Waals surface area contributed by atoms with Crippen LogP contribution in [0.25, 0.3) is 16.8 Å². The molecule has 1 atom stereocenters. The van der Waals surface area contributed by atoms with Crippen molar-refractivity contribution in [3.8, 4) is 5.75 Å². The number of ether oxygens (including phenoxy) is 2. The third-order valence-corrected chi connectivity index (χ3v) is 6.06. The highest BCUT2D eigenvalue weighted by Crippen LogP contribution is 2.23. The van der Waals surface area contributed by atoms with E-state index in [-0.39, 0.29) is 0 Å². The zero-order valence-corrected chi connectivity index (χ0v) is 18.0. The van der Waals surface area contributed by atoms with Gasteiger partial charge in [0, 0.05) is 32.7 Å². The van der Waals surface area contributed by atoms with Crippen LogP contribution in [-0.4, -0.2) is 79.6 Å². The van der Waals surface area contributed by atoms with Gasteiger partial charge in [-0.15, -0.1) is 0 Å². The van der Waals surface area contributed by atoms with Gasteiger partial charge in [-0.1, -0.05) is 43.7 Å². The topological polar surface area (TPSA) is 45.2 Å². The minimum Gasteiger partial charge on any atom is -0.491 e. The number of allylic oxidation sites excluding steroid dienone is 1. The average Bonchev–Trinajstić information content (AvgIpc) is 2.72. The van der Waals surface area contributed by atoms with Crippen molar-refractivity contribution in [1.29, 1.82) is 0 Å². The van der Waals surface area contributed by atoms with Crippen molar-refractivity contribution in [3.05, 3.63) is 48.0 Å². The van der Waals surface area contributed by atoms with Gasteiger partial charge in [0.25, 0.3) is 0 Å². The Labute approximate surface area is 179 Å². The van der Waals surface area contributed by atoms with Gasteiger partial charge in [0.05, 0.1) is 19.3 Å². The van der Waals surface area contributed by atoms with E-state index in [1.807, 2.05) is 6.07 Å². The van der Waals surface area contributed by atoms with Crippen molar-refractivity contribution in [1.82, 2.24) is 9.80 Å². The summed E-state index contributed by atoms with van der Waals surface area (Å²) in [6.07, 6.45) is 6.21. The molecule has 0 radical (unpaired) electrons. The molecule has 2 saturated heterocycles. The summed E-state index contributed by atoms with van der Waals surface area (Å²) in [5.41, 5.74) is 1.23. The summed E-state index contributed by atoms with van der Waals surface area (Å²) in [7, 11) is 0. The van der Waals surface area contributed by atoms with Crippen molar-refractivity contribution in [2.24, 2.45) is 0 Å². The van der Waals surface area contributed by atoms with Crippen LogP contribution < -0.4 is 4.74 Å². The number of rotatable bonds is 9. The molecule has 2 fully saturated rings. The summed E-state index contributed by atoms with van der Waals surface area (Å²) in [6, 6.07) is 13.2. The van der Waals surface area contributed by atoms with Gasteiger partial charge < -0.3 is 14.6 Å². The van der Waals surface area contributed by atoms with E-state index in [0.717, 1.165) is 56.9 Å². The van der Waals surface area contributed by atoms with E-state index in [1.165, 1.54) is 17.4 Å². The smallest absolute Gasteiger partial charge is 0.120 e. The summed E-state index contributed by atoms with van der Waals surface area (Å²) in [6.45, 7) is 9.03. The second kappa shape index (κ2) is 10.4. The molecule has 0 spiro atoms. The molecule has 2 aromatic carbocycles. The number of hydrogen-bond acceptors (Lipinski definition) is 5. The maximum atomic E-state index is 10.4. The van der Waals surface area contributed by atoms with Gasteiger partial charge in [-0.05, 0) is 41.0 Å². The molecule has 0 aliphatic carbocycles. The first-order chi connectivity index (χ1) is 14.7. The molecule has 1 N–H and O–H groups in total. The van der Waals surface area contributed by atoms with Crippen molar-refractivity contribution in [2.75, 3.05) is 52.5 Å². The number of aliphatic hydroxyl groups is 1. The molecule has 0 amide bonds. The number of fused-ring (bicyclic) bond motifs is 1. The fourth-order valence-electron chi connectivity index (χ4n) is 4.11. The third-order valence-electron chi connectivity index (χ3n) is 6.06. The number of aliphatic hydroxyl groups excluding tert-OH is 1.